The number of benzene rings is 2. The number of alkyl halides is 3. The van der Waals surface area contributed by atoms with Crippen molar-refractivity contribution in [3.8, 4) is 6.07 Å². The van der Waals surface area contributed by atoms with Crippen molar-refractivity contribution in [2.24, 2.45) is 11.7 Å². The van der Waals surface area contributed by atoms with Crippen LogP contribution in [0.3, 0.4) is 0 Å². The average Bonchev–Trinajstić information content (AvgIpc) is 3.39. The minimum atomic E-state index is -4.54. The number of hydrogen-bond donors (Lipinski definition) is 2. The number of ketones is 1. The molecule has 1 aromatic heterocycles. The van der Waals surface area contributed by atoms with Crippen LogP contribution in [-0.2, 0) is 35.2 Å². The number of imidazole rings is 1. The van der Waals surface area contributed by atoms with Gasteiger partial charge in [0.05, 0.1) is 23.5 Å². The second kappa shape index (κ2) is 15.3. The smallest absolute Gasteiger partial charge is 0.385 e. The number of nitriles is 1. The van der Waals surface area contributed by atoms with Gasteiger partial charge in [-0.05, 0) is 48.0 Å². The first-order valence-corrected chi connectivity index (χ1v) is 13.4. The van der Waals surface area contributed by atoms with Gasteiger partial charge in [-0.1, -0.05) is 30.3 Å². The molecule has 0 saturated carbocycles. The van der Waals surface area contributed by atoms with Crippen LogP contribution in [0.1, 0.15) is 34.4 Å². The molecule has 3 N–H and O–H groups in total. The molecule has 2 aromatic carbocycles. The Hall–Kier alpha value is -3.79. The van der Waals surface area contributed by atoms with E-state index in [1.807, 2.05) is 16.7 Å². The molecule has 8 nitrogen and oxygen atoms in total. The molecule has 0 unspecified atom stereocenters. The van der Waals surface area contributed by atoms with Gasteiger partial charge in [0.25, 0.3) is 0 Å². The molecule has 218 valence electrons. The second-order valence-corrected chi connectivity index (χ2v) is 9.90. The number of carbonyl (C=O) groups is 1. The van der Waals surface area contributed by atoms with E-state index >= 15 is 0 Å². The molecule has 1 heterocycles. The Morgan fingerprint density at radius 3 is 2.63 bits per heavy atom. The first-order chi connectivity index (χ1) is 19.7. The molecule has 1 atom stereocenters. The van der Waals surface area contributed by atoms with Crippen LogP contribution in [0.4, 0.5) is 13.2 Å². The lowest BCUT2D eigenvalue weighted by atomic mass is 9.99. The highest BCUT2D eigenvalue weighted by Gasteiger charge is 2.34. The van der Waals surface area contributed by atoms with Crippen LogP contribution in [0.2, 0.25) is 0 Å². The molecule has 0 aliphatic rings. The van der Waals surface area contributed by atoms with E-state index in [2.05, 4.69) is 16.4 Å². The van der Waals surface area contributed by atoms with Crippen LogP contribution < -0.4 is 11.1 Å². The zero-order valence-corrected chi connectivity index (χ0v) is 23.5. The lowest BCUT2D eigenvalue weighted by Gasteiger charge is -2.30. The number of nitrogens with one attached hydrogen (secondary N) is 1. The molecule has 0 radical (unpaired) electrons. The van der Waals surface area contributed by atoms with Gasteiger partial charge in [-0.3, -0.25) is 4.79 Å². The molecule has 0 spiro atoms. The van der Waals surface area contributed by atoms with Crippen LogP contribution in [0.5, 0.6) is 0 Å². The van der Waals surface area contributed by atoms with E-state index in [0.717, 1.165) is 11.6 Å². The SMILES string of the molecule is COCCCNC(=S)N(Cc1ccccc1C(F)(F)F)C[C@H](CN)C(=O)Cc1cncn1Cc1ccc(C#N)cc1. The van der Waals surface area contributed by atoms with E-state index in [9.17, 15) is 18.0 Å². The summed E-state index contributed by atoms with van der Waals surface area (Å²) in [5.74, 6) is -0.865. The van der Waals surface area contributed by atoms with E-state index in [1.54, 1.807) is 42.7 Å². The molecular formula is C29H33F3N6O2S. The molecule has 0 bridgehead atoms. The minimum Gasteiger partial charge on any atom is -0.385 e. The number of ether oxygens (including phenoxy) is 1. The highest BCUT2D eigenvalue weighted by atomic mass is 32.1. The third-order valence-electron chi connectivity index (χ3n) is 6.54. The number of thiocarbonyl (C=S) groups is 1. The maximum atomic E-state index is 13.7. The van der Waals surface area contributed by atoms with Crippen molar-refractivity contribution < 1.29 is 22.7 Å². The molecule has 0 saturated heterocycles. The molecule has 0 aliphatic heterocycles. The fourth-order valence-corrected chi connectivity index (χ4v) is 4.54. The zero-order valence-electron chi connectivity index (χ0n) is 22.7. The van der Waals surface area contributed by atoms with Crippen LogP contribution in [0, 0.1) is 17.2 Å². The molecule has 0 fully saturated rings. The quantitative estimate of drug-likeness (QED) is 0.216. The van der Waals surface area contributed by atoms with Gasteiger partial charge >= 0.3 is 6.18 Å². The van der Waals surface area contributed by atoms with Crippen molar-refractivity contribution in [2.75, 3.05) is 33.4 Å². The number of aromatic nitrogens is 2. The van der Waals surface area contributed by atoms with Crippen LogP contribution in [0.25, 0.3) is 0 Å². The molecule has 12 heteroatoms. The molecule has 0 amide bonds. The highest BCUT2D eigenvalue weighted by Crippen LogP contribution is 2.32. The van der Waals surface area contributed by atoms with Gasteiger partial charge in [-0.25, -0.2) is 4.98 Å². The summed E-state index contributed by atoms with van der Waals surface area (Å²) in [6.07, 6.45) is -0.621. The van der Waals surface area contributed by atoms with Gasteiger partial charge in [-0.15, -0.1) is 0 Å². The average molecular weight is 587 g/mol. The van der Waals surface area contributed by atoms with E-state index in [-0.39, 0.29) is 42.5 Å². The topological polar surface area (TPSA) is 109 Å². The third kappa shape index (κ3) is 9.38. The van der Waals surface area contributed by atoms with Crippen molar-refractivity contribution in [3.05, 3.63) is 89.0 Å². The number of halogens is 3. The highest BCUT2D eigenvalue weighted by molar-refractivity contribution is 7.80. The van der Waals surface area contributed by atoms with Crippen LogP contribution >= 0.6 is 12.2 Å². The van der Waals surface area contributed by atoms with Gasteiger partial charge in [0, 0.05) is 70.7 Å². The summed E-state index contributed by atoms with van der Waals surface area (Å²) in [7, 11) is 1.58. The van der Waals surface area contributed by atoms with Gasteiger partial charge in [-0.2, -0.15) is 18.4 Å². The number of Topliss-reactive ketones (excluding diaryl/α,β-unsaturated/α-hetero) is 1. The third-order valence-corrected chi connectivity index (χ3v) is 6.95. The van der Waals surface area contributed by atoms with E-state index in [4.69, 9.17) is 28.0 Å². The number of nitrogens with zero attached hydrogens (tertiary/aromatic N) is 4. The Morgan fingerprint density at radius 2 is 1.98 bits per heavy atom. The molecule has 3 aromatic rings. The number of nitrogens with two attached hydrogens (primary N) is 1. The summed E-state index contributed by atoms with van der Waals surface area (Å²) in [6, 6.07) is 14.5. The summed E-state index contributed by atoms with van der Waals surface area (Å²) in [4.78, 5) is 19.2. The van der Waals surface area contributed by atoms with E-state index in [0.29, 0.717) is 37.4 Å². The molecular weight excluding hydrogens is 553 g/mol. The van der Waals surface area contributed by atoms with Crippen LogP contribution in [0.15, 0.2) is 61.1 Å². The minimum absolute atomic E-state index is 0.00764. The Balaban J connectivity index is 1.76. The monoisotopic (exact) mass is 586 g/mol. The maximum Gasteiger partial charge on any atom is 0.416 e. The largest absolute Gasteiger partial charge is 0.416 e. The summed E-state index contributed by atoms with van der Waals surface area (Å²) < 4.78 is 48.0. The maximum absolute atomic E-state index is 13.7. The Bertz CT molecular complexity index is 1340. The summed E-state index contributed by atoms with van der Waals surface area (Å²) in [5.41, 5.74) is 7.47. The predicted molar refractivity (Wildman–Crippen MR) is 153 cm³/mol. The number of rotatable bonds is 14. The standard InChI is InChI=1S/C29H33F3N6O2S/c1-40-12-4-11-36-28(41)37(18-23-5-2-3-6-26(23)29(30,31)32)19-24(15-34)27(39)13-25-16-35-20-38(25)17-22-9-7-21(14-33)8-10-22/h2-3,5-10,16,20,24H,4,11-13,15,17-19,34H2,1H3,(H,36,41)/t24-/m0/s1. The predicted octanol–water partition coefficient (Wildman–Crippen LogP) is 3.92. The Labute approximate surface area is 242 Å². The lowest BCUT2D eigenvalue weighted by molar-refractivity contribution is -0.138. The number of methoxy groups -OCH3 is 1. The Kier molecular flexibility index (Phi) is 11.8. The van der Waals surface area contributed by atoms with Crippen molar-refractivity contribution in [1.29, 1.82) is 5.26 Å². The second-order valence-electron chi connectivity index (χ2n) is 9.51. The van der Waals surface area contributed by atoms with E-state index < -0.39 is 17.7 Å². The van der Waals surface area contributed by atoms with Crippen molar-refractivity contribution in [1.82, 2.24) is 19.8 Å². The molecule has 3 rings (SSSR count). The molecule has 0 aliphatic carbocycles. The van der Waals surface area contributed by atoms with Crippen molar-refractivity contribution in [2.45, 2.75) is 32.1 Å². The van der Waals surface area contributed by atoms with Crippen molar-refractivity contribution in [3.63, 3.8) is 0 Å². The fourth-order valence-electron chi connectivity index (χ4n) is 4.30. The Morgan fingerprint density at radius 1 is 1.24 bits per heavy atom. The summed E-state index contributed by atoms with van der Waals surface area (Å²) >= 11 is 5.55. The lowest BCUT2D eigenvalue weighted by Crippen LogP contribution is -2.45. The van der Waals surface area contributed by atoms with Crippen LogP contribution in [-0.4, -0.2) is 58.7 Å². The van der Waals surface area contributed by atoms with Gasteiger partial charge in [0.15, 0.2) is 5.11 Å². The summed E-state index contributed by atoms with van der Waals surface area (Å²) in [5, 5.41) is 12.3. The van der Waals surface area contributed by atoms with Gasteiger partial charge in [0.1, 0.15) is 5.78 Å². The first-order valence-electron chi connectivity index (χ1n) is 13.0. The first kappa shape index (κ1) is 31.7. The fraction of sp³-hybridized carbons (Fsp3) is 0.379. The normalized spacial score (nSPS) is 12.0. The van der Waals surface area contributed by atoms with Gasteiger partial charge < -0.3 is 25.3 Å². The number of hydrogen-bond acceptors (Lipinski definition) is 6. The number of carbonyl (C=O) groups excluding carboxylic acids is 1. The van der Waals surface area contributed by atoms with E-state index in [1.165, 1.54) is 12.1 Å². The van der Waals surface area contributed by atoms with Gasteiger partial charge in [0.2, 0.25) is 0 Å². The summed E-state index contributed by atoms with van der Waals surface area (Å²) in [6.45, 7) is 1.30. The molecule has 41 heavy (non-hydrogen) atoms. The zero-order chi connectivity index (χ0) is 29.8. The van der Waals surface area contributed by atoms with Crippen molar-refractivity contribution >= 4 is 23.1 Å².